The van der Waals surface area contributed by atoms with Crippen LogP contribution in [0.15, 0.2) is 21.9 Å². The van der Waals surface area contributed by atoms with Gasteiger partial charge in [-0.3, -0.25) is 9.78 Å². The molecule has 5 nitrogen and oxygen atoms in total. The summed E-state index contributed by atoms with van der Waals surface area (Å²) in [6, 6.07) is 1.95. The number of hydrogen-bond acceptors (Lipinski definition) is 3. The quantitative estimate of drug-likeness (QED) is 0.828. The molecule has 1 atom stereocenters. The highest BCUT2D eigenvalue weighted by molar-refractivity contribution is 4.83. The van der Waals surface area contributed by atoms with Crippen LogP contribution in [0.25, 0.3) is 0 Å². The summed E-state index contributed by atoms with van der Waals surface area (Å²) in [5.74, 6) is 0. The van der Waals surface area contributed by atoms with Crippen LogP contribution < -0.4 is 11.2 Å². The topological polar surface area (TPSA) is 58.1 Å². The van der Waals surface area contributed by atoms with Crippen LogP contribution in [-0.2, 0) is 6.54 Å². The zero-order chi connectivity index (χ0) is 12.3. The molecule has 17 heavy (non-hydrogen) atoms. The maximum atomic E-state index is 11.5. The summed E-state index contributed by atoms with van der Waals surface area (Å²) in [6.45, 7) is 1.82. The van der Waals surface area contributed by atoms with Crippen LogP contribution >= 0.6 is 0 Å². The van der Waals surface area contributed by atoms with Crippen LogP contribution in [0.5, 0.6) is 0 Å². The number of piperidine rings is 1. The summed E-state index contributed by atoms with van der Waals surface area (Å²) in [4.78, 5) is 27.0. The minimum atomic E-state index is -0.332. The Kier molecular flexibility index (Phi) is 3.78. The second-order valence-electron chi connectivity index (χ2n) is 4.72. The first kappa shape index (κ1) is 12.1. The van der Waals surface area contributed by atoms with Gasteiger partial charge in [0.15, 0.2) is 0 Å². The van der Waals surface area contributed by atoms with E-state index in [2.05, 4.69) is 16.9 Å². The molecule has 1 aromatic heterocycles. The summed E-state index contributed by atoms with van der Waals surface area (Å²) in [7, 11) is 2.14. The maximum absolute atomic E-state index is 11.5. The number of nitrogens with zero attached hydrogens (tertiary/aromatic N) is 2. The Morgan fingerprint density at radius 3 is 2.94 bits per heavy atom. The molecule has 1 aliphatic heterocycles. The zero-order valence-electron chi connectivity index (χ0n) is 10.2. The molecule has 5 heteroatoms. The average Bonchev–Trinajstić information content (AvgIpc) is 2.30. The predicted octanol–water partition coefficient (Wildman–Crippen LogP) is 0.411. The van der Waals surface area contributed by atoms with Crippen molar-refractivity contribution in [2.75, 3.05) is 13.6 Å². The molecule has 0 aliphatic carbocycles. The molecule has 1 aliphatic rings. The largest absolute Gasteiger partial charge is 0.328 e. The highest BCUT2D eigenvalue weighted by atomic mass is 16.2. The van der Waals surface area contributed by atoms with E-state index >= 15 is 0 Å². The fourth-order valence-electron chi connectivity index (χ4n) is 2.42. The summed E-state index contributed by atoms with van der Waals surface area (Å²) < 4.78 is 1.57. The minimum absolute atomic E-state index is 0.309. The Morgan fingerprint density at radius 1 is 1.41 bits per heavy atom. The minimum Gasteiger partial charge on any atom is -0.303 e. The number of nitrogens with one attached hydrogen (secondary N) is 1. The van der Waals surface area contributed by atoms with Crippen LogP contribution in [-0.4, -0.2) is 34.1 Å². The van der Waals surface area contributed by atoms with Gasteiger partial charge in [0.2, 0.25) is 0 Å². The van der Waals surface area contributed by atoms with E-state index in [-0.39, 0.29) is 11.2 Å². The van der Waals surface area contributed by atoms with Gasteiger partial charge in [0.1, 0.15) is 0 Å². The lowest BCUT2D eigenvalue weighted by molar-refractivity contribution is 0.170. The van der Waals surface area contributed by atoms with Crippen molar-refractivity contribution in [2.24, 2.45) is 0 Å². The first-order chi connectivity index (χ1) is 8.16. The summed E-state index contributed by atoms with van der Waals surface area (Å²) in [5, 5.41) is 0. The number of hydrogen-bond donors (Lipinski definition) is 1. The molecule has 2 rings (SSSR count). The second-order valence-corrected chi connectivity index (χ2v) is 4.72. The third-order valence-corrected chi connectivity index (χ3v) is 3.52. The average molecular weight is 237 g/mol. The van der Waals surface area contributed by atoms with Gasteiger partial charge in [0, 0.05) is 24.8 Å². The highest BCUT2D eigenvalue weighted by Crippen LogP contribution is 2.17. The maximum Gasteiger partial charge on any atom is 0.328 e. The van der Waals surface area contributed by atoms with Gasteiger partial charge in [-0.05, 0) is 32.9 Å². The van der Waals surface area contributed by atoms with Gasteiger partial charge in [0.05, 0.1) is 0 Å². The molecule has 1 unspecified atom stereocenters. The standard InChI is InChI=1S/C12H19N3O2/c1-14-7-3-2-4-10(14)5-8-15-9-6-11(16)13-12(15)17/h6,9-10H,2-5,7-8H2,1H3,(H,13,16,17). The monoisotopic (exact) mass is 237 g/mol. The Morgan fingerprint density at radius 2 is 2.24 bits per heavy atom. The third-order valence-electron chi connectivity index (χ3n) is 3.52. The lowest BCUT2D eigenvalue weighted by Gasteiger charge is -2.32. The van der Waals surface area contributed by atoms with Crippen LogP contribution in [0, 0.1) is 0 Å². The van der Waals surface area contributed by atoms with E-state index in [4.69, 9.17) is 0 Å². The number of aromatic nitrogens is 2. The van der Waals surface area contributed by atoms with E-state index in [9.17, 15) is 9.59 Å². The summed E-state index contributed by atoms with van der Waals surface area (Å²) in [5.41, 5.74) is -0.642. The molecule has 1 aromatic rings. The van der Waals surface area contributed by atoms with E-state index in [1.807, 2.05) is 0 Å². The van der Waals surface area contributed by atoms with Gasteiger partial charge >= 0.3 is 5.69 Å². The number of H-pyrrole nitrogens is 1. The molecule has 2 heterocycles. The Balaban J connectivity index is 1.97. The molecule has 0 saturated carbocycles. The lowest BCUT2D eigenvalue weighted by atomic mass is 10.0. The highest BCUT2D eigenvalue weighted by Gasteiger charge is 2.18. The first-order valence-electron chi connectivity index (χ1n) is 6.17. The van der Waals surface area contributed by atoms with Crippen molar-refractivity contribution >= 4 is 0 Å². The van der Waals surface area contributed by atoms with Gasteiger partial charge in [-0.1, -0.05) is 6.42 Å². The van der Waals surface area contributed by atoms with Crippen LogP contribution in [0.3, 0.4) is 0 Å². The second kappa shape index (κ2) is 5.31. The molecule has 0 aromatic carbocycles. The Labute approximate surface area is 100 Å². The van der Waals surface area contributed by atoms with Crippen molar-refractivity contribution in [1.29, 1.82) is 0 Å². The fourth-order valence-corrected chi connectivity index (χ4v) is 2.42. The number of aryl methyl sites for hydroxylation is 1. The molecule has 0 amide bonds. The van der Waals surface area contributed by atoms with Crippen molar-refractivity contribution in [3.8, 4) is 0 Å². The van der Waals surface area contributed by atoms with Gasteiger partial charge in [-0.25, -0.2) is 4.79 Å². The Bertz CT molecular complexity index is 477. The van der Waals surface area contributed by atoms with Crippen LogP contribution in [0.2, 0.25) is 0 Å². The fraction of sp³-hybridized carbons (Fsp3) is 0.667. The van der Waals surface area contributed by atoms with Gasteiger partial charge in [0.25, 0.3) is 5.56 Å². The van der Waals surface area contributed by atoms with E-state index in [1.165, 1.54) is 25.3 Å². The number of rotatable bonds is 3. The summed E-state index contributed by atoms with van der Waals surface area (Å²) >= 11 is 0. The molecule has 1 fully saturated rings. The molecule has 94 valence electrons. The SMILES string of the molecule is CN1CCCCC1CCn1ccc(=O)[nH]c1=O. The van der Waals surface area contributed by atoms with Crippen molar-refractivity contribution in [3.05, 3.63) is 33.1 Å². The molecule has 0 radical (unpaired) electrons. The van der Waals surface area contributed by atoms with Gasteiger partial charge in [-0.15, -0.1) is 0 Å². The normalized spacial score (nSPS) is 21.6. The zero-order valence-corrected chi connectivity index (χ0v) is 10.2. The van der Waals surface area contributed by atoms with E-state index in [1.54, 1.807) is 10.8 Å². The van der Waals surface area contributed by atoms with Gasteiger partial charge in [-0.2, -0.15) is 0 Å². The molecule has 1 N–H and O–H groups in total. The van der Waals surface area contributed by atoms with E-state index in [0.717, 1.165) is 13.0 Å². The van der Waals surface area contributed by atoms with Crippen molar-refractivity contribution in [1.82, 2.24) is 14.5 Å². The number of aromatic amines is 1. The van der Waals surface area contributed by atoms with Crippen LogP contribution in [0.1, 0.15) is 25.7 Å². The van der Waals surface area contributed by atoms with Gasteiger partial charge < -0.3 is 9.47 Å². The van der Waals surface area contributed by atoms with Crippen molar-refractivity contribution in [3.63, 3.8) is 0 Å². The third kappa shape index (κ3) is 3.06. The molecular formula is C12H19N3O2. The van der Waals surface area contributed by atoms with Crippen molar-refractivity contribution in [2.45, 2.75) is 38.3 Å². The molecule has 1 saturated heterocycles. The first-order valence-corrected chi connectivity index (χ1v) is 6.17. The summed E-state index contributed by atoms with van der Waals surface area (Å²) in [6.07, 6.45) is 6.28. The smallest absolute Gasteiger partial charge is 0.303 e. The van der Waals surface area contributed by atoms with Crippen LogP contribution in [0.4, 0.5) is 0 Å². The molecule has 0 bridgehead atoms. The van der Waals surface area contributed by atoms with Crippen molar-refractivity contribution < 1.29 is 0 Å². The van der Waals surface area contributed by atoms with E-state index < -0.39 is 0 Å². The predicted molar refractivity (Wildman–Crippen MR) is 66.2 cm³/mol. The molecule has 0 spiro atoms. The molecular weight excluding hydrogens is 218 g/mol. The van der Waals surface area contributed by atoms with E-state index in [0.29, 0.717) is 12.6 Å². The Hall–Kier alpha value is -1.36. The lowest BCUT2D eigenvalue weighted by Crippen LogP contribution is -2.38. The number of likely N-dealkylation sites (tertiary alicyclic amines) is 1.